The fraction of sp³-hybridized carbons (Fsp3) is 0.273. The van der Waals surface area contributed by atoms with Crippen LogP contribution < -0.4 is 14.2 Å². The second kappa shape index (κ2) is 9.37. The Kier molecular flexibility index (Phi) is 6.66. The van der Waals surface area contributed by atoms with Crippen molar-refractivity contribution in [2.45, 2.75) is 39.7 Å². The number of ether oxygens (including phenoxy) is 3. The van der Waals surface area contributed by atoms with E-state index in [-0.39, 0.29) is 6.10 Å². The molecular weight excluding hydrogens is 374 g/mol. The number of hydrogen-bond acceptors (Lipinski definition) is 6. The highest BCUT2D eigenvalue weighted by Crippen LogP contribution is 2.36. The molecule has 0 aliphatic rings. The number of carbonyl (C=O) groups excluding carboxylic acids is 1. The summed E-state index contributed by atoms with van der Waals surface area (Å²) in [5.74, 6) is 2.28. The van der Waals surface area contributed by atoms with Crippen molar-refractivity contribution in [3.63, 3.8) is 0 Å². The Morgan fingerprint density at radius 2 is 1.82 bits per heavy atom. The van der Waals surface area contributed by atoms with Gasteiger partial charge in [-0.1, -0.05) is 19.1 Å². The molecular formula is C22H23NO4S. The lowest BCUT2D eigenvalue weighted by Crippen LogP contribution is -2.05. The fourth-order valence-electron chi connectivity index (χ4n) is 2.62. The van der Waals surface area contributed by atoms with Crippen LogP contribution in [-0.4, -0.2) is 17.4 Å². The number of nitrogens with zero attached hydrogens (tertiary/aromatic N) is 1. The molecule has 5 nitrogen and oxygen atoms in total. The van der Waals surface area contributed by atoms with Gasteiger partial charge in [0.25, 0.3) is 5.19 Å². The molecule has 0 aliphatic carbocycles. The molecule has 0 fully saturated rings. The van der Waals surface area contributed by atoms with E-state index in [1.807, 2.05) is 56.3 Å². The third-order valence-corrected chi connectivity index (χ3v) is 4.66. The summed E-state index contributed by atoms with van der Waals surface area (Å²) in [7, 11) is 0. The maximum Gasteiger partial charge on any atom is 0.282 e. The van der Waals surface area contributed by atoms with Gasteiger partial charge in [0.1, 0.15) is 23.5 Å². The van der Waals surface area contributed by atoms with Gasteiger partial charge in [-0.2, -0.15) is 0 Å². The summed E-state index contributed by atoms with van der Waals surface area (Å²) >= 11 is 1.33. The van der Waals surface area contributed by atoms with Crippen LogP contribution in [0.3, 0.4) is 0 Å². The van der Waals surface area contributed by atoms with Gasteiger partial charge in [0.2, 0.25) is 5.06 Å². The summed E-state index contributed by atoms with van der Waals surface area (Å²) in [5, 5.41) is 1.15. The highest BCUT2D eigenvalue weighted by Gasteiger charge is 2.11. The van der Waals surface area contributed by atoms with E-state index in [0.29, 0.717) is 22.4 Å². The van der Waals surface area contributed by atoms with Crippen LogP contribution in [0.15, 0.2) is 48.7 Å². The maximum atomic E-state index is 10.6. The van der Waals surface area contributed by atoms with Crippen LogP contribution in [0.1, 0.15) is 31.9 Å². The van der Waals surface area contributed by atoms with Crippen molar-refractivity contribution < 1.29 is 19.0 Å². The number of aromatic nitrogens is 1. The molecule has 1 aromatic heterocycles. The molecule has 0 radical (unpaired) electrons. The second-order valence-electron chi connectivity index (χ2n) is 6.45. The molecule has 1 heterocycles. The van der Waals surface area contributed by atoms with Crippen molar-refractivity contribution >= 4 is 17.6 Å². The van der Waals surface area contributed by atoms with Gasteiger partial charge in [-0.05, 0) is 73.1 Å². The quantitative estimate of drug-likeness (QED) is 0.426. The molecule has 2 aromatic carbocycles. The summed E-state index contributed by atoms with van der Waals surface area (Å²) in [5.41, 5.74) is 2.01. The standard InChI is InChI=1S/C22H23NO4S/c1-4-17-13-19(25-15(2)3)9-10-20(17)27-22-23-14-21(28-22)26-18-7-5-16(6-8-18)11-12-24/h5-10,12-15H,4,11H2,1-3H3. The van der Waals surface area contributed by atoms with Crippen LogP contribution in [0.4, 0.5) is 0 Å². The fourth-order valence-corrected chi connectivity index (χ4v) is 3.27. The van der Waals surface area contributed by atoms with E-state index in [1.165, 1.54) is 11.3 Å². The monoisotopic (exact) mass is 397 g/mol. The molecule has 0 saturated carbocycles. The Bertz CT molecular complexity index is 919. The largest absolute Gasteiger partial charge is 0.491 e. The Hall–Kier alpha value is -2.86. The predicted octanol–water partition coefficient (Wildman–Crippen LogP) is 5.82. The Morgan fingerprint density at radius 1 is 1.07 bits per heavy atom. The highest BCUT2D eigenvalue weighted by molar-refractivity contribution is 7.15. The molecule has 3 rings (SSSR count). The average Bonchev–Trinajstić information content (AvgIpc) is 3.11. The summed E-state index contributed by atoms with van der Waals surface area (Å²) < 4.78 is 17.5. The number of rotatable bonds is 9. The van der Waals surface area contributed by atoms with Crippen molar-refractivity contribution in [2.75, 3.05) is 0 Å². The Balaban J connectivity index is 1.68. The number of carbonyl (C=O) groups is 1. The van der Waals surface area contributed by atoms with E-state index in [2.05, 4.69) is 11.9 Å². The predicted molar refractivity (Wildman–Crippen MR) is 110 cm³/mol. The number of aldehydes is 1. The molecule has 0 aliphatic heterocycles. The molecule has 0 atom stereocenters. The zero-order chi connectivity index (χ0) is 19.9. The minimum atomic E-state index is 0.127. The lowest BCUT2D eigenvalue weighted by atomic mass is 10.1. The van der Waals surface area contributed by atoms with Crippen molar-refractivity contribution in [2.24, 2.45) is 0 Å². The van der Waals surface area contributed by atoms with Gasteiger partial charge in [-0.3, -0.25) is 0 Å². The molecule has 28 heavy (non-hydrogen) atoms. The summed E-state index contributed by atoms with van der Waals surface area (Å²) in [6, 6.07) is 13.2. The molecule has 0 unspecified atom stereocenters. The van der Waals surface area contributed by atoms with Gasteiger partial charge in [-0.15, -0.1) is 0 Å². The van der Waals surface area contributed by atoms with Crippen molar-refractivity contribution in [1.82, 2.24) is 4.98 Å². The average molecular weight is 397 g/mol. The van der Waals surface area contributed by atoms with Crippen LogP contribution in [0.25, 0.3) is 0 Å². The van der Waals surface area contributed by atoms with Crippen LogP contribution in [0.2, 0.25) is 0 Å². The topological polar surface area (TPSA) is 57.6 Å². The smallest absolute Gasteiger partial charge is 0.282 e. The highest BCUT2D eigenvalue weighted by atomic mass is 32.1. The van der Waals surface area contributed by atoms with Gasteiger partial charge in [0, 0.05) is 6.42 Å². The lowest BCUT2D eigenvalue weighted by molar-refractivity contribution is -0.107. The summed E-state index contributed by atoms with van der Waals surface area (Å²) in [6.07, 6.45) is 3.88. The van der Waals surface area contributed by atoms with Gasteiger partial charge < -0.3 is 19.0 Å². The van der Waals surface area contributed by atoms with E-state index >= 15 is 0 Å². The zero-order valence-corrected chi connectivity index (χ0v) is 17.0. The second-order valence-corrected chi connectivity index (χ2v) is 7.41. The summed E-state index contributed by atoms with van der Waals surface area (Å²) in [6.45, 7) is 6.08. The number of benzene rings is 2. The first-order valence-electron chi connectivity index (χ1n) is 9.21. The van der Waals surface area contributed by atoms with Crippen molar-refractivity contribution in [1.29, 1.82) is 0 Å². The first-order chi connectivity index (χ1) is 13.6. The van der Waals surface area contributed by atoms with Crippen molar-refractivity contribution in [3.8, 4) is 27.5 Å². The number of aryl methyl sites for hydroxylation is 1. The van der Waals surface area contributed by atoms with E-state index in [0.717, 1.165) is 35.3 Å². The third kappa shape index (κ3) is 5.33. The van der Waals surface area contributed by atoms with Crippen molar-refractivity contribution in [3.05, 3.63) is 59.8 Å². The maximum absolute atomic E-state index is 10.6. The molecule has 0 amide bonds. The van der Waals surface area contributed by atoms with Crippen LogP contribution in [0.5, 0.6) is 27.5 Å². The molecule has 0 saturated heterocycles. The van der Waals surface area contributed by atoms with Gasteiger partial charge >= 0.3 is 0 Å². The Morgan fingerprint density at radius 3 is 2.50 bits per heavy atom. The minimum Gasteiger partial charge on any atom is -0.491 e. The third-order valence-electron chi connectivity index (χ3n) is 3.91. The van der Waals surface area contributed by atoms with E-state index in [9.17, 15) is 4.79 Å². The lowest BCUT2D eigenvalue weighted by Gasteiger charge is -2.13. The molecule has 146 valence electrons. The molecule has 6 heteroatoms. The van der Waals surface area contributed by atoms with E-state index in [1.54, 1.807) is 6.20 Å². The first-order valence-corrected chi connectivity index (χ1v) is 10.0. The molecule has 0 N–H and O–H groups in total. The summed E-state index contributed by atoms with van der Waals surface area (Å²) in [4.78, 5) is 14.9. The SMILES string of the molecule is CCc1cc(OC(C)C)ccc1Oc1ncc(Oc2ccc(CC=O)cc2)s1. The number of thiazole rings is 1. The van der Waals surface area contributed by atoms with Gasteiger partial charge in [-0.25, -0.2) is 4.98 Å². The normalized spacial score (nSPS) is 10.7. The minimum absolute atomic E-state index is 0.127. The van der Waals surface area contributed by atoms with Gasteiger partial charge in [0.15, 0.2) is 0 Å². The number of hydrogen-bond donors (Lipinski definition) is 0. The molecule has 0 bridgehead atoms. The van der Waals surface area contributed by atoms with Gasteiger partial charge in [0.05, 0.1) is 12.3 Å². The zero-order valence-electron chi connectivity index (χ0n) is 16.2. The molecule has 0 spiro atoms. The van der Waals surface area contributed by atoms with Crippen LogP contribution >= 0.6 is 11.3 Å². The van der Waals surface area contributed by atoms with E-state index in [4.69, 9.17) is 14.2 Å². The van der Waals surface area contributed by atoms with E-state index < -0.39 is 0 Å². The van der Waals surface area contributed by atoms with Crippen LogP contribution in [-0.2, 0) is 17.6 Å². The van der Waals surface area contributed by atoms with Crippen LogP contribution in [0, 0.1) is 0 Å². The Labute approximate surface area is 168 Å². The molecule has 3 aromatic rings. The first kappa shape index (κ1) is 19.9.